The molecule has 3 aromatic rings. The molecule has 0 spiro atoms. The Hall–Kier alpha value is -3.06. The van der Waals surface area contributed by atoms with Gasteiger partial charge in [0.25, 0.3) is 11.8 Å². The van der Waals surface area contributed by atoms with Crippen LogP contribution in [0.4, 0.5) is 5.69 Å². The van der Waals surface area contributed by atoms with Crippen LogP contribution in [0.2, 0.25) is 5.02 Å². The molecule has 8 heteroatoms. The lowest BCUT2D eigenvalue weighted by atomic mass is 10.1. The molecule has 0 unspecified atom stereocenters. The number of anilines is 1. The monoisotopic (exact) mass is 400 g/mol. The van der Waals surface area contributed by atoms with E-state index in [1.165, 1.54) is 6.07 Å². The Balaban J connectivity index is 1.76. The number of aryl methyl sites for hydroxylation is 2. The summed E-state index contributed by atoms with van der Waals surface area (Å²) in [6.45, 7) is 6.58. The highest BCUT2D eigenvalue weighted by Crippen LogP contribution is 2.22. The third-order valence-electron chi connectivity index (χ3n) is 4.11. The molecule has 0 saturated heterocycles. The number of rotatable bonds is 6. The SMILES string of the molecule is CCNC(=O)c1cc(Cl)ccc1NC(=O)c1ccc(Cn2nc(C)cc2C)o1. The number of carbonyl (C=O) groups excluding carboxylic acids is 2. The van der Waals surface area contributed by atoms with Crippen LogP contribution < -0.4 is 10.6 Å². The summed E-state index contributed by atoms with van der Waals surface area (Å²) < 4.78 is 7.47. The second kappa shape index (κ2) is 8.31. The fourth-order valence-corrected chi connectivity index (χ4v) is 2.99. The molecule has 0 aliphatic heterocycles. The van der Waals surface area contributed by atoms with Gasteiger partial charge in [-0.15, -0.1) is 0 Å². The first-order valence-corrected chi connectivity index (χ1v) is 9.24. The first kappa shape index (κ1) is 19.7. The molecule has 2 aromatic heterocycles. The molecule has 0 bridgehead atoms. The van der Waals surface area contributed by atoms with Crippen molar-refractivity contribution < 1.29 is 14.0 Å². The zero-order valence-corrected chi connectivity index (χ0v) is 16.6. The summed E-state index contributed by atoms with van der Waals surface area (Å²) in [6, 6.07) is 10.0. The average molecular weight is 401 g/mol. The van der Waals surface area contributed by atoms with Crippen molar-refractivity contribution in [1.82, 2.24) is 15.1 Å². The quantitative estimate of drug-likeness (QED) is 0.658. The van der Waals surface area contributed by atoms with Crippen LogP contribution >= 0.6 is 11.6 Å². The predicted octanol–water partition coefficient (Wildman–Crippen LogP) is 3.80. The summed E-state index contributed by atoms with van der Waals surface area (Å²) in [7, 11) is 0. The number of carbonyl (C=O) groups is 2. The van der Waals surface area contributed by atoms with Crippen LogP contribution in [0.25, 0.3) is 0 Å². The number of hydrogen-bond donors (Lipinski definition) is 2. The zero-order valence-electron chi connectivity index (χ0n) is 15.9. The van der Waals surface area contributed by atoms with E-state index in [9.17, 15) is 9.59 Å². The minimum Gasteiger partial charge on any atom is -0.454 e. The smallest absolute Gasteiger partial charge is 0.291 e. The van der Waals surface area contributed by atoms with E-state index >= 15 is 0 Å². The number of halogens is 1. The number of amides is 2. The highest BCUT2D eigenvalue weighted by Gasteiger charge is 2.17. The molecular weight excluding hydrogens is 380 g/mol. The van der Waals surface area contributed by atoms with Gasteiger partial charge in [0.05, 0.1) is 23.5 Å². The van der Waals surface area contributed by atoms with Crippen LogP contribution in [-0.4, -0.2) is 28.1 Å². The molecule has 0 fully saturated rings. The van der Waals surface area contributed by atoms with E-state index < -0.39 is 5.91 Å². The van der Waals surface area contributed by atoms with Crippen LogP contribution in [-0.2, 0) is 6.54 Å². The molecule has 2 heterocycles. The summed E-state index contributed by atoms with van der Waals surface area (Å²) in [5.74, 6) is -0.0119. The van der Waals surface area contributed by atoms with Crippen LogP contribution in [0.3, 0.4) is 0 Å². The van der Waals surface area contributed by atoms with Gasteiger partial charge < -0.3 is 15.1 Å². The second-order valence-corrected chi connectivity index (χ2v) is 6.79. The molecule has 2 amide bonds. The minimum atomic E-state index is -0.451. The molecule has 146 valence electrons. The van der Waals surface area contributed by atoms with Gasteiger partial charge in [-0.3, -0.25) is 14.3 Å². The van der Waals surface area contributed by atoms with Crippen molar-refractivity contribution in [2.75, 3.05) is 11.9 Å². The van der Waals surface area contributed by atoms with Gasteiger partial charge in [0.2, 0.25) is 0 Å². The molecule has 1 aromatic carbocycles. The Kier molecular flexibility index (Phi) is 5.84. The van der Waals surface area contributed by atoms with Gasteiger partial charge in [-0.25, -0.2) is 0 Å². The maximum absolute atomic E-state index is 12.6. The fourth-order valence-electron chi connectivity index (χ4n) is 2.82. The Bertz CT molecular complexity index is 1020. The Morgan fingerprint density at radius 1 is 1.14 bits per heavy atom. The van der Waals surface area contributed by atoms with E-state index in [1.54, 1.807) is 24.3 Å². The number of aromatic nitrogens is 2. The van der Waals surface area contributed by atoms with Crippen molar-refractivity contribution in [2.45, 2.75) is 27.3 Å². The molecule has 2 N–H and O–H groups in total. The Morgan fingerprint density at radius 2 is 1.93 bits per heavy atom. The largest absolute Gasteiger partial charge is 0.454 e. The number of furan rings is 1. The Morgan fingerprint density at radius 3 is 2.61 bits per heavy atom. The molecular formula is C20H21ClN4O3. The first-order chi connectivity index (χ1) is 13.4. The van der Waals surface area contributed by atoms with E-state index in [0.717, 1.165) is 11.4 Å². The summed E-state index contributed by atoms with van der Waals surface area (Å²) >= 11 is 5.99. The third-order valence-corrected chi connectivity index (χ3v) is 4.34. The van der Waals surface area contributed by atoms with Gasteiger partial charge in [-0.1, -0.05) is 11.6 Å². The predicted molar refractivity (Wildman–Crippen MR) is 107 cm³/mol. The molecule has 0 radical (unpaired) electrons. The zero-order chi connectivity index (χ0) is 20.3. The molecule has 0 atom stereocenters. The van der Waals surface area contributed by atoms with E-state index in [4.69, 9.17) is 16.0 Å². The van der Waals surface area contributed by atoms with E-state index in [2.05, 4.69) is 15.7 Å². The average Bonchev–Trinajstić information content (AvgIpc) is 3.23. The van der Waals surface area contributed by atoms with E-state index in [-0.39, 0.29) is 17.2 Å². The highest BCUT2D eigenvalue weighted by atomic mass is 35.5. The fraction of sp³-hybridized carbons (Fsp3) is 0.250. The van der Waals surface area contributed by atoms with Crippen LogP contribution in [0.5, 0.6) is 0 Å². The number of nitrogens with zero attached hydrogens (tertiary/aromatic N) is 2. The van der Waals surface area contributed by atoms with Crippen molar-refractivity contribution in [3.8, 4) is 0 Å². The topological polar surface area (TPSA) is 89.2 Å². The van der Waals surface area contributed by atoms with Gasteiger partial charge >= 0.3 is 0 Å². The molecule has 0 aliphatic rings. The van der Waals surface area contributed by atoms with Gasteiger partial charge in [0.15, 0.2) is 5.76 Å². The first-order valence-electron chi connectivity index (χ1n) is 8.86. The molecule has 0 aliphatic carbocycles. The summed E-state index contributed by atoms with van der Waals surface area (Å²) in [4.78, 5) is 24.8. The number of benzene rings is 1. The van der Waals surface area contributed by atoms with Gasteiger partial charge in [0.1, 0.15) is 5.76 Å². The lowest BCUT2D eigenvalue weighted by Gasteiger charge is -2.10. The number of hydrogen-bond acceptors (Lipinski definition) is 4. The van der Waals surface area contributed by atoms with E-state index in [0.29, 0.717) is 29.6 Å². The van der Waals surface area contributed by atoms with Crippen LogP contribution in [0.15, 0.2) is 40.8 Å². The maximum Gasteiger partial charge on any atom is 0.291 e. The lowest BCUT2D eigenvalue weighted by molar-refractivity contribution is 0.0956. The highest BCUT2D eigenvalue weighted by molar-refractivity contribution is 6.31. The summed E-state index contributed by atoms with van der Waals surface area (Å²) in [5, 5.41) is 10.2. The summed E-state index contributed by atoms with van der Waals surface area (Å²) in [5.41, 5.74) is 2.57. The second-order valence-electron chi connectivity index (χ2n) is 6.35. The summed E-state index contributed by atoms with van der Waals surface area (Å²) in [6.07, 6.45) is 0. The van der Waals surface area contributed by atoms with Gasteiger partial charge in [-0.2, -0.15) is 5.10 Å². The number of nitrogens with one attached hydrogen (secondary N) is 2. The van der Waals surface area contributed by atoms with E-state index in [1.807, 2.05) is 31.5 Å². The molecule has 3 rings (SSSR count). The Labute approximate surface area is 167 Å². The normalized spacial score (nSPS) is 10.7. The van der Waals surface area contributed by atoms with Crippen LogP contribution in [0, 0.1) is 13.8 Å². The van der Waals surface area contributed by atoms with Crippen molar-refractivity contribution >= 4 is 29.1 Å². The lowest BCUT2D eigenvalue weighted by Crippen LogP contribution is -2.24. The maximum atomic E-state index is 12.6. The molecule has 0 saturated carbocycles. The standard InChI is InChI=1S/C20H21ClN4O3/c1-4-22-19(26)16-10-14(21)5-7-17(16)23-20(27)18-8-6-15(28-18)11-25-13(3)9-12(2)24-25/h5-10H,4,11H2,1-3H3,(H,22,26)(H,23,27). The van der Waals surface area contributed by atoms with Crippen molar-refractivity contribution in [1.29, 1.82) is 0 Å². The minimum absolute atomic E-state index is 0.147. The third kappa shape index (κ3) is 4.43. The molecule has 28 heavy (non-hydrogen) atoms. The van der Waals surface area contributed by atoms with Gasteiger partial charge in [-0.05, 0) is 57.2 Å². The van der Waals surface area contributed by atoms with Crippen molar-refractivity contribution in [3.63, 3.8) is 0 Å². The van der Waals surface area contributed by atoms with Crippen LogP contribution in [0.1, 0.15) is 45.0 Å². The molecule has 7 nitrogen and oxygen atoms in total. The van der Waals surface area contributed by atoms with Crippen molar-refractivity contribution in [3.05, 3.63) is 69.9 Å². The van der Waals surface area contributed by atoms with Gasteiger partial charge in [0, 0.05) is 17.3 Å². The van der Waals surface area contributed by atoms with Crippen molar-refractivity contribution in [2.24, 2.45) is 0 Å².